The van der Waals surface area contributed by atoms with Crippen LogP contribution in [-0.4, -0.2) is 50.8 Å². The van der Waals surface area contributed by atoms with Crippen LogP contribution in [0.15, 0.2) is 0 Å². The monoisotopic (exact) mass is 330 g/mol. The Kier molecular flexibility index (Phi) is 13.7. The van der Waals surface area contributed by atoms with E-state index in [1.807, 2.05) is 27.7 Å². The van der Waals surface area contributed by atoms with Crippen LogP contribution in [0.5, 0.6) is 0 Å². The summed E-state index contributed by atoms with van der Waals surface area (Å²) < 4.78 is 10.7. The Labute approximate surface area is 140 Å². The summed E-state index contributed by atoms with van der Waals surface area (Å²) in [5.74, 6) is 0.0672. The lowest BCUT2D eigenvalue weighted by Gasteiger charge is -2.09. The van der Waals surface area contributed by atoms with Crippen molar-refractivity contribution in [2.75, 3.05) is 32.9 Å². The zero-order valence-electron chi connectivity index (χ0n) is 15.2. The fourth-order valence-corrected chi connectivity index (χ4v) is 1.72. The minimum absolute atomic E-state index is 0.0355. The van der Waals surface area contributed by atoms with Crippen LogP contribution in [0.25, 0.3) is 0 Å². The lowest BCUT2D eigenvalue weighted by atomic mass is 10.2. The summed E-state index contributed by atoms with van der Waals surface area (Å²) in [6, 6.07) is 0. The summed E-state index contributed by atoms with van der Waals surface area (Å²) >= 11 is 0. The molecule has 2 amide bonds. The highest BCUT2D eigenvalue weighted by molar-refractivity contribution is 5.77. The highest BCUT2D eigenvalue weighted by Gasteiger charge is 2.04. The number of carbonyl (C=O) groups excluding carboxylic acids is 2. The quantitative estimate of drug-likeness (QED) is 0.477. The van der Waals surface area contributed by atoms with Gasteiger partial charge in [-0.05, 0) is 39.5 Å². The third kappa shape index (κ3) is 15.5. The average molecular weight is 330 g/mol. The van der Waals surface area contributed by atoms with Gasteiger partial charge in [-0.15, -0.1) is 0 Å². The SMILES string of the molecule is CC(C)OCC(=O)NCCCCCOCCCNC(=O)C(C)C. The molecule has 0 aliphatic heterocycles. The van der Waals surface area contributed by atoms with Gasteiger partial charge in [0.15, 0.2) is 0 Å². The molecule has 0 fully saturated rings. The van der Waals surface area contributed by atoms with E-state index in [0.717, 1.165) is 32.3 Å². The summed E-state index contributed by atoms with van der Waals surface area (Å²) in [6.45, 7) is 10.5. The molecule has 2 N–H and O–H groups in total. The number of hydrogen-bond acceptors (Lipinski definition) is 4. The van der Waals surface area contributed by atoms with Crippen LogP contribution >= 0.6 is 0 Å². The van der Waals surface area contributed by atoms with E-state index < -0.39 is 0 Å². The van der Waals surface area contributed by atoms with Crippen LogP contribution in [0.1, 0.15) is 53.4 Å². The molecule has 136 valence electrons. The molecule has 0 aromatic heterocycles. The molecule has 0 spiro atoms. The molecule has 0 atom stereocenters. The van der Waals surface area contributed by atoms with Crippen molar-refractivity contribution >= 4 is 11.8 Å². The van der Waals surface area contributed by atoms with Crippen molar-refractivity contribution in [3.63, 3.8) is 0 Å². The molecule has 0 bridgehead atoms. The van der Waals surface area contributed by atoms with E-state index in [2.05, 4.69) is 10.6 Å². The third-order valence-electron chi connectivity index (χ3n) is 3.12. The molecule has 0 aliphatic rings. The van der Waals surface area contributed by atoms with Crippen LogP contribution in [0.2, 0.25) is 0 Å². The maximum atomic E-state index is 11.4. The number of hydrogen-bond donors (Lipinski definition) is 2. The van der Waals surface area contributed by atoms with Gasteiger partial charge in [0.05, 0.1) is 6.10 Å². The van der Waals surface area contributed by atoms with Gasteiger partial charge in [-0.25, -0.2) is 0 Å². The number of unbranched alkanes of at least 4 members (excludes halogenated alkanes) is 2. The highest BCUT2D eigenvalue weighted by atomic mass is 16.5. The van der Waals surface area contributed by atoms with Gasteiger partial charge in [-0.2, -0.15) is 0 Å². The van der Waals surface area contributed by atoms with Crippen LogP contribution < -0.4 is 10.6 Å². The molecule has 6 heteroatoms. The molecule has 0 aliphatic carbocycles. The van der Waals surface area contributed by atoms with E-state index >= 15 is 0 Å². The minimum atomic E-state index is -0.0570. The first kappa shape index (κ1) is 21.9. The number of ether oxygens (including phenoxy) is 2. The van der Waals surface area contributed by atoms with Gasteiger partial charge in [0.25, 0.3) is 0 Å². The van der Waals surface area contributed by atoms with E-state index in [0.29, 0.717) is 19.7 Å². The topological polar surface area (TPSA) is 76.7 Å². The van der Waals surface area contributed by atoms with Gasteiger partial charge >= 0.3 is 0 Å². The molecule has 0 aromatic rings. The van der Waals surface area contributed by atoms with Crippen LogP contribution in [0, 0.1) is 5.92 Å². The second kappa shape index (κ2) is 14.5. The maximum Gasteiger partial charge on any atom is 0.246 e. The number of nitrogens with one attached hydrogen (secondary N) is 2. The summed E-state index contributed by atoms with van der Waals surface area (Å²) in [5, 5.41) is 5.69. The van der Waals surface area contributed by atoms with E-state index in [4.69, 9.17) is 9.47 Å². The largest absolute Gasteiger partial charge is 0.381 e. The van der Waals surface area contributed by atoms with Gasteiger partial charge in [0, 0.05) is 32.2 Å². The summed E-state index contributed by atoms with van der Waals surface area (Å²) in [7, 11) is 0. The Bertz CT molecular complexity index is 320. The van der Waals surface area contributed by atoms with Gasteiger partial charge in [-0.3, -0.25) is 9.59 Å². The first-order chi connectivity index (χ1) is 10.9. The standard InChI is InChI=1S/C17H34N2O4/c1-14(2)17(21)19-10-8-12-22-11-7-5-6-9-18-16(20)13-23-15(3)4/h14-15H,5-13H2,1-4H3,(H,18,20)(H,19,21). The molecule has 0 rings (SSSR count). The Balaban J connectivity index is 3.22. The smallest absolute Gasteiger partial charge is 0.246 e. The number of rotatable bonds is 14. The predicted octanol–water partition coefficient (Wildman–Crippen LogP) is 1.88. The molecular weight excluding hydrogens is 296 g/mol. The van der Waals surface area contributed by atoms with E-state index in [-0.39, 0.29) is 30.4 Å². The summed E-state index contributed by atoms with van der Waals surface area (Å²) in [6.07, 6.45) is 3.87. The van der Waals surface area contributed by atoms with Gasteiger partial charge in [-0.1, -0.05) is 13.8 Å². The van der Waals surface area contributed by atoms with E-state index in [1.165, 1.54) is 0 Å². The second-order valence-electron chi connectivity index (χ2n) is 6.18. The van der Waals surface area contributed by atoms with Crippen molar-refractivity contribution in [2.45, 2.75) is 59.5 Å². The number of amides is 2. The third-order valence-corrected chi connectivity index (χ3v) is 3.12. The number of carbonyl (C=O) groups is 2. The second-order valence-corrected chi connectivity index (χ2v) is 6.18. The normalized spacial score (nSPS) is 11.0. The first-order valence-electron chi connectivity index (χ1n) is 8.67. The van der Waals surface area contributed by atoms with Crippen molar-refractivity contribution in [2.24, 2.45) is 5.92 Å². The Morgan fingerprint density at radius 3 is 2.17 bits per heavy atom. The average Bonchev–Trinajstić information content (AvgIpc) is 2.50. The van der Waals surface area contributed by atoms with Crippen LogP contribution in [0.4, 0.5) is 0 Å². The van der Waals surface area contributed by atoms with Gasteiger partial charge in [0.2, 0.25) is 11.8 Å². The maximum absolute atomic E-state index is 11.4. The van der Waals surface area contributed by atoms with Crippen molar-refractivity contribution in [1.82, 2.24) is 10.6 Å². The molecule has 0 radical (unpaired) electrons. The molecule has 0 unspecified atom stereocenters. The molecule has 0 aromatic carbocycles. The van der Waals surface area contributed by atoms with Crippen LogP contribution in [0.3, 0.4) is 0 Å². The van der Waals surface area contributed by atoms with Gasteiger partial charge < -0.3 is 20.1 Å². The molecule has 0 saturated carbocycles. The molecule has 0 saturated heterocycles. The summed E-state index contributed by atoms with van der Waals surface area (Å²) in [5.41, 5.74) is 0. The Morgan fingerprint density at radius 2 is 1.52 bits per heavy atom. The van der Waals surface area contributed by atoms with Crippen LogP contribution in [-0.2, 0) is 19.1 Å². The zero-order valence-corrected chi connectivity index (χ0v) is 15.2. The van der Waals surface area contributed by atoms with Gasteiger partial charge in [0.1, 0.15) is 6.61 Å². The van der Waals surface area contributed by atoms with Crippen molar-refractivity contribution < 1.29 is 19.1 Å². The van der Waals surface area contributed by atoms with Crippen molar-refractivity contribution in [1.29, 1.82) is 0 Å². The lowest BCUT2D eigenvalue weighted by molar-refractivity contribution is -0.127. The molecule has 23 heavy (non-hydrogen) atoms. The van der Waals surface area contributed by atoms with E-state index in [9.17, 15) is 9.59 Å². The Morgan fingerprint density at radius 1 is 0.870 bits per heavy atom. The Hall–Kier alpha value is -1.14. The molecule has 0 heterocycles. The zero-order chi connectivity index (χ0) is 17.5. The minimum Gasteiger partial charge on any atom is -0.381 e. The van der Waals surface area contributed by atoms with Crippen molar-refractivity contribution in [3.05, 3.63) is 0 Å². The van der Waals surface area contributed by atoms with Crippen molar-refractivity contribution in [3.8, 4) is 0 Å². The molecule has 6 nitrogen and oxygen atoms in total. The summed E-state index contributed by atoms with van der Waals surface area (Å²) in [4.78, 5) is 22.7. The highest BCUT2D eigenvalue weighted by Crippen LogP contribution is 1.96. The van der Waals surface area contributed by atoms with E-state index in [1.54, 1.807) is 0 Å². The lowest BCUT2D eigenvalue weighted by Crippen LogP contribution is -2.29. The molecular formula is C17H34N2O4. The first-order valence-corrected chi connectivity index (χ1v) is 8.67. The predicted molar refractivity (Wildman–Crippen MR) is 91.2 cm³/mol. The fraction of sp³-hybridized carbons (Fsp3) is 0.882. The fourth-order valence-electron chi connectivity index (χ4n) is 1.72.